The maximum absolute atomic E-state index is 12.3. The standard InChI is InChI=1S/C17H24N4O2S/c1-20(2)24(22,23)16-5-3-4-14(12-16)13-21-10-7-15(8-11-21)17-6-9-18-19-17/h3-6,9,12,15H,7-8,10-11,13H2,1-2H3,(H,18,19). The summed E-state index contributed by atoms with van der Waals surface area (Å²) in [5.74, 6) is 0.546. The minimum Gasteiger partial charge on any atom is -0.299 e. The second kappa shape index (κ2) is 7.04. The topological polar surface area (TPSA) is 69.3 Å². The number of nitrogens with zero attached hydrogens (tertiary/aromatic N) is 3. The normalized spacial score (nSPS) is 17.5. The first-order chi connectivity index (χ1) is 11.5. The fraction of sp³-hybridized carbons (Fsp3) is 0.471. The summed E-state index contributed by atoms with van der Waals surface area (Å²) in [6, 6.07) is 9.31. The van der Waals surface area contributed by atoms with E-state index in [0.717, 1.165) is 38.0 Å². The van der Waals surface area contributed by atoms with Crippen molar-refractivity contribution in [1.29, 1.82) is 0 Å². The van der Waals surface area contributed by atoms with E-state index >= 15 is 0 Å². The van der Waals surface area contributed by atoms with Crippen molar-refractivity contribution in [2.75, 3.05) is 27.2 Å². The third-order valence-corrected chi connectivity index (χ3v) is 6.44. The molecule has 1 aliphatic rings. The summed E-state index contributed by atoms with van der Waals surface area (Å²) in [5, 5.41) is 7.10. The van der Waals surface area contributed by atoms with E-state index in [0.29, 0.717) is 10.8 Å². The first-order valence-electron chi connectivity index (χ1n) is 8.20. The average Bonchev–Trinajstić information content (AvgIpc) is 3.10. The van der Waals surface area contributed by atoms with Crippen molar-refractivity contribution in [2.45, 2.75) is 30.2 Å². The van der Waals surface area contributed by atoms with Crippen LogP contribution in [0, 0.1) is 0 Å². The monoisotopic (exact) mass is 348 g/mol. The van der Waals surface area contributed by atoms with Crippen LogP contribution < -0.4 is 0 Å². The van der Waals surface area contributed by atoms with Gasteiger partial charge in [-0.2, -0.15) is 5.10 Å². The number of sulfonamides is 1. The highest BCUT2D eigenvalue weighted by molar-refractivity contribution is 7.89. The molecule has 6 nitrogen and oxygen atoms in total. The Bertz CT molecular complexity index is 764. The molecule has 0 unspecified atom stereocenters. The van der Waals surface area contributed by atoms with Crippen molar-refractivity contribution in [3.8, 4) is 0 Å². The molecule has 24 heavy (non-hydrogen) atoms. The second-order valence-corrected chi connectivity index (χ2v) is 8.65. The predicted octanol–water partition coefficient (Wildman–Crippen LogP) is 2.04. The Kier molecular flexibility index (Phi) is 5.03. The number of nitrogens with one attached hydrogen (secondary N) is 1. The molecule has 1 fully saturated rings. The largest absolute Gasteiger partial charge is 0.299 e. The average molecular weight is 348 g/mol. The van der Waals surface area contributed by atoms with Crippen LogP contribution in [0.15, 0.2) is 41.4 Å². The summed E-state index contributed by atoms with van der Waals surface area (Å²) in [6.07, 6.45) is 3.99. The van der Waals surface area contributed by atoms with Crippen LogP contribution >= 0.6 is 0 Å². The van der Waals surface area contributed by atoms with Gasteiger partial charge in [-0.25, -0.2) is 12.7 Å². The van der Waals surface area contributed by atoms with Gasteiger partial charge in [0.25, 0.3) is 0 Å². The minimum atomic E-state index is -3.37. The molecule has 130 valence electrons. The Balaban J connectivity index is 1.63. The molecule has 1 aliphatic heterocycles. The molecule has 2 heterocycles. The number of rotatable bonds is 5. The van der Waals surface area contributed by atoms with E-state index in [1.165, 1.54) is 10.00 Å². The lowest BCUT2D eigenvalue weighted by Gasteiger charge is -2.31. The number of hydrogen-bond acceptors (Lipinski definition) is 4. The number of piperidine rings is 1. The molecule has 0 amide bonds. The Morgan fingerprint density at radius 1 is 1.25 bits per heavy atom. The Hall–Kier alpha value is -1.70. The molecular weight excluding hydrogens is 324 g/mol. The fourth-order valence-electron chi connectivity index (χ4n) is 3.17. The first-order valence-corrected chi connectivity index (χ1v) is 9.64. The van der Waals surface area contributed by atoms with Gasteiger partial charge in [-0.3, -0.25) is 10.00 Å². The van der Waals surface area contributed by atoms with Gasteiger partial charge >= 0.3 is 0 Å². The third kappa shape index (κ3) is 3.68. The summed E-state index contributed by atoms with van der Waals surface area (Å²) in [6.45, 7) is 2.80. The van der Waals surface area contributed by atoms with Crippen LogP contribution in [-0.2, 0) is 16.6 Å². The summed E-state index contributed by atoms with van der Waals surface area (Å²) in [5.41, 5.74) is 2.26. The van der Waals surface area contributed by atoms with Crippen molar-refractivity contribution < 1.29 is 8.42 Å². The molecule has 2 aromatic rings. The molecule has 0 saturated carbocycles. The van der Waals surface area contributed by atoms with Gasteiger partial charge in [0.2, 0.25) is 10.0 Å². The zero-order valence-electron chi connectivity index (χ0n) is 14.1. The van der Waals surface area contributed by atoms with E-state index in [1.54, 1.807) is 32.4 Å². The Morgan fingerprint density at radius 2 is 2.00 bits per heavy atom. The van der Waals surface area contributed by atoms with Crippen LogP contribution in [0.1, 0.15) is 30.0 Å². The van der Waals surface area contributed by atoms with Crippen molar-refractivity contribution in [3.05, 3.63) is 47.8 Å². The van der Waals surface area contributed by atoms with Crippen molar-refractivity contribution in [3.63, 3.8) is 0 Å². The smallest absolute Gasteiger partial charge is 0.242 e. The van der Waals surface area contributed by atoms with Gasteiger partial charge in [0.1, 0.15) is 0 Å². The van der Waals surface area contributed by atoms with Crippen LogP contribution in [0.5, 0.6) is 0 Å². The number of hydrogen-bond donors (Lipinski definition) is 1. The molecule has 0 aliphatic carbocycles. The molecule has 0 radical (unpaired) electrons. The van der Waals surface area contributed by atoms with Gasteiger partial charge in [-0.05, 0) is 49.7 Å². The molecular formula is C17H24N4O2S. The Morgan fingerprint density at radius 3 is 2.62 bits per heavy atom. The molecule has 1 aromatic heterocycles. The highest BCUT2D eigenvalue weighted by Crippen LogP contribution is 2.27. The van der Waals surface area contributed by atoms with Crippen LogP contribution in [0.25, 0.3) is 0 Å². The molecule has 1 saturated heterocycles. The molecule has 0 atom stereocenters. The number of aromatic nitrogens is 2. The SMILES string of the molecule is CN(C)S(=O)(=O)c1cccc(CN2CCC(c3ccn[nH]3)CC2)c1. The Labute approximate surface area is 143 Å². The lowest BCUT2D eigenvalue weighted by molar-refractivity contribution is 0.203. The maximum atomic E-state index is 12.3. The third-order valence-electron chi connectivity index (χ3n) is 4.63. The number of H-pyrrole nitrogens is 1. The minimum absolute atomic E-state index is 0.359. The number of aromatic amines is 1. The predicted molar refractivity (Wildman–Crippen MR) is 93.2 cm³/mol. The van der Waals surface area contributed by atoms with Crippen molar-refractivity contribution in [2.24, 2.45) is 0 Å². The van der Waals surface area contributed by atoms with E-state index in [-0.39, 0.29) is 0 Å². The quantitative estimate of drug-likeness (QED) is 0.898. The van der Waals surface area contributed by atoms with E-state index < -0.39 is 10.0 Å². The highest BCUT2D eigenvalue weighted by atomic mass is 32.2. The van der Waals surface area contributed by atoms with E-state index in [1.807, 2.05) is 12.1 Å². The number of benzene rings is 1. The lowest BCUT2D eigenvalue weighted by atomic mass is 9.93. The van der Waals surface area contributed by atoms with Crippen molar-refractivity contribution >= 4 is 10.0 Å². The summed E-state index contributed by atoms with van der Waals surface area (Å²) in [4.78, 5) is 2.74. The van der Waals surface area contributed by atoms with Crippen LogP contribution in [-0.4, -0.2) is 55.0 Å². The maximum Gasteiger partial charge on any atom is 0.242 e. The van der Waals surface area contributed by atoms with Crippen LogP contribution in [0.4, 0.5) is 0 Å². The molecule has 7 heteroatoms. The zero-order valence-corrected chi connectivity index (χ0v) is 15.0. The van der Waals surface area contributed by atoms with Gasteiger partial charge < -0.3 is 0 Å². The summed E-state index contributed by atoms with van der Waals surface area (Å²) < 4.78 is 25.8. The number of likely N-dealkylation sites (tertiary alicyclic amines) is 1. The van der Waals surface area contributed by atoms with Gasteiger partial charge in [0.15, 0.2) is 0 Å². The van der Waals surface area contributed by atoms with Gasteiger partial charge in [0, 0.05) is 38.4 Å². The highest BCUT2D eigenvalue weighted by Gasteiger charge is 2.22. The molecule has 3 rings (SSSR count). The van der Waals surface area contributed by atoms with E-state index in [2.05, 4.69) is 21.2 Å². The lowest BCUT2D eigenvalue weighted by Crippen LogP contribution is -2.32. The second-order valence-electron chi connectivity index (χ2n) is 6.50. The van der Waals surface area contributed by atoms with Gasteiger partial charge in [-0.15, -0.1) is 0 Å². The molecule has 0 spiro atoms. The summed E-state index contributed by atoms with van der Waals surface area (Å²) >= 11 is 0. The van der Waals surface area contributed by atoms with Gasteiger partial charge in [-0.1, -0.05) is 12.1 Å². The summed E-state index contributed by atoms with van der Waals surface area (Å²) in [7, 11) is -0.259. The van der Waals surface area contributed by atoms with E-state index in [9.17, 15) is 8.42 Å². The first kappa shape index (κ1) is 17.1. The van der Waals surface area contributed by atoms with Crippen molar-refractivity contribution in [1.82, 2.24) is 19.4 Å². The van der Waals surface area contributed by atoms with Crippen LogP contribution in [0.2, 0.25) is 0 Å². The molecule has 0 bridgehead atoms. The molecule has 1 N–H and O–H groups in total. The van der Waals surface area contributed by atoms with Crippen LogP contribution in [0.3, 0.4) is 0 Å². The fourth-order valence-corrected chi connectivity index (χ4v) is 4.14. The van der Waals surface area contributed by atoms with Gasteiger partial charge in [0.05, 0.1) is 4.90 Å². The zero-order chi connectivity index (χ0) is 17.2. The van der Waals surface area contributed by atoms with E-state index in [4.69, 9.17) is 0 Å². The molecule has 1 aromatic carbocycles.